The van der Waals surface area contributed by atoms with Crippen LogP contribution in [0.4, 0.5) is 0 Å². The molecule has 1 aromatic rings. The first-order valence-electron chi connectivity index (χ1n) is 6.74. The third kappa shape index (κ3) is 4.91. The molecule has 110 valence electrons. The molecule has 0 radical (unpaired) electrons. The zero-order chi connectivity index (χ0) is 15.0. The Morgan fingerprint density at radius 1 is 1.25 bits per heavy atom. The first-order valence-corrected chi connectivity index (χ1v) is 6.74. The summed E-state index contributed by atoms with van der Waals surface area (Å²) in [6, 6.07) is 5.62. The number of hydrogen-bond acceptors (Lipinski definition) is 3. The van der Waals surface area contributed by atoms with Gasteiger partial charge in [-0.3, -0.25) is 4.79 Å². The summed E-state index contributed by atoms with van der Waals surface area (Å²) in [5.74, 6) is -0.659. The van der Waals surface area contributed by atoms with Gasteiger partial charge >= 0.3 is 5.97 Å². The third-order valence-electron chi connectivity index (χ3n) is 3.01. The zero-order valence-corrected chi connectivity index (χ0v) is 11.9. The summed E-state index contributed by atoms with van der Waals surface area (Å²) < 4.78 is 5.02. The molecule has 1 rings (SSSR count). The highest BCUT2D eigenvalue weighted by Gasteiger charge is 2.21. The summed E-state index contributed by atoms with van der Waals surface area (Å²) in [6.45, 7) is 2.05. The van der Waals surface area contributed by atoms with E-state index in [1.54, 1.807) is 31.4 Å². The van der Waals surface area contributed by atoms with E-state index in [0.717, 1.165) is 19.3 Å². The van der Waals surface area contributed by atoms with Crippen molar-refractivity contribution in [1.82, 2.24) is 5.32 Å². The van der Waals surface area contributed by atoms with E-state index in [1.165, 1.54) is 0 Å². The standard InChI is InChI=1S/C15H21NO4/c1-3-4-5-6-13(17)16-14(15(18)19)11-7-9-12(20-2)10-8-11/h7-10,14H,3-6H2,1-2H3,(H,16,17)(H,18,19). The van der Waals surface area contributed by atoms with Gasteiger partial charge in [0.05, 0.1) is 7.11 Å². The number of hydrogen-bond donors (Lipinski definition) is 2. The molecule has 0 aliphatic heterocycles. The maximum Gasteiger partial charge on any atom is 0.330 e. The van der Waals surface area contributed by atoms with E-state index in [1.807, 2.05) is 0 Å². The van der Waals surface area contributed by atoms with Gasteiger partial charge in [-0.1, -0.05) is 31.9 Å². The monoisotopic (exact) mass is 279 g/mol. The molecule has 0 spiro atoms. The van der Waals surface area contributed by atoms with Crippen molar-refractivity contribution in [2.75, 3.05) is 7.11 Å². The molecule has 1 unspecified atom stereocenters. The van der Waals surface area contributed by atoms with Gasteiger partial charge in [0.15, 0.2) is 6.04 Å². The van der Waals surface area contributed by atoms with Crippen LogP contribution in [0.5, 0.6) is 5.75 Å². The van der Waals surface area contributed by atoms with Crippen molar-refractivity contribution in [3.63, 3.8) is 0 Å². The predicted octanol–water partition coefficient (Wildman–Crippen LogP) is 2.52. The lowest BCUT2D eigenvalue weighted by molar-refractivity contribution is -0.142. The molecule has 2 N–H and O–H groups in total. The zero-order valence-electron chi connectivity index (χ0n) is 11.9. The van der Waals surface area contributed by atoms with Gasteiger partial charge in [-0.2, -0.15) is 0 Å². The second kappa shape index (κ2) is 8.19. The Morgan fingerprint density at radius 2 is 1.90 bits per heavy atom. The number of rotatable bonds is 8. The molecule has 0 heterocycles. The number of carboxylic acid groups (broad SMARTS) is 1. The number of ether oxygens (including phenoxy) is 1. The van der Waals surface area contributed by atoms with Gasteiger partial charge in [-0.15, -0.1) is 0 Å². The normalized spacial score (nSPS) is 11.7. The van der Waals surface area contributed by atoms with Crippen molar-refractivity contribution >= 4 is 11.9 Å². The maximum atomic E-state index is 11.7. The van der Waals surface area contributed by atoms with Crippen LogP contribution in [-0.4, -0.2) is 24.1 Å². The van der Waals surface area contributed by atoms with E-state index >= 15 is 0 Å². The highest BCUT2D eigenvalue weighted by atomic mass is 16.5. The van der Waals surface area contributed by atoms with Crippen LogP contribution in [0.25, 0.3) is 0 Å². The van der Waals surface area contributed by atoms with Crippen molar-refractivity contribution in [2.24, 2.45) is 0 Å². The van der Waals surface area contributed by atoms with Crippen LogP contribution in [0.2, 0.25) is 0 Å². The van der Waals surface area contributed by atoms with Crippen molar-refractivity contribution < 1.29 is 19.4 Å². The molecular weight excluding hydrogens is 258 g/mol. The highest BCUT2D eigenvalue weighted by molar-refractivity contribution is 5.84. The van der Waals surface area contributed by atoms with E-state index in [0.29, 0.717) is 17.7 Å². The Balaban J connectivity index is 2.68. The minimum absolute atomic E-state index is 0.235. The minimum atomic E-state index is -1.07. The summed E-state index contributed by atoms with van der Waals surface area (Å²) in [6.07, 6.45) is 3.12. The number of nitrogens with one attached hydrogen (secondary N) is 1. The summed E-state index contributed by atoms with van der Waals surface area (Å²) in [7, 11) is 1.54. The number of methoxy groups -OCH3 is 1. The SMILES string of the molecule is CCCCCC(=O)NC(C(=O)O)c1ccc(OC)cc1. The van der Waals surface area contributed by atoms with Crippen LogP contribution >= 0.6 is 0 Å². The number of amides is 1. The van der Waals surface area contributed by atoms with Gasteiger partial charge in [0.2, 0.25) is 5.91 Å². The first kappa shape index (κ1) is 16.0. The van der Waals surface area contributed by atoms with E-state index in [-0.39, 0.29) is 5.91 Å². The summed E-state index contributed by atoms with van der Waals surface area (Å²) in [4.78, 5) is 23.0. The Morgan fingerprint density at radius 3 is 2.40 bits per heavy atom. The average molecular weight is 279 g/mol. The van der Waals surface area contributed by atoms with Crippen LogP contribution in [0, 0.1) is 0 Å². The Kier molecular flexibility index (Phi) is 6.56. The fourth-order valence-electron chi connectivity index (χ4n) is 1.85. The quantitative estimate of drug-likeness (QED) is 0.717. The third-order valence-corrected chi connectivity index (χ3v) is 3.01. The molecule has 20 heavy (non-hydrogen) atoms. The average Bonchev–Trinajstić information content (AvgIpc) is 2.45. The molecule has 0 aliphatic carbocycles. The fraction of sp³-hybridized carbons (Fsp3) is 0.467. The van der Waals surface area contributed by atoms with Crippen LogP contribution < -0.4 is 10.1 Å². The van der Waals surface area contributed by atoms with E-state index < -0.39 is 12.0 Å². The smallest absolute Gasteiger partial charge is 0.330 e. The number of carbonyl (C=O) groups is 2. The lowest BCUT2D eigenvalue weighted by Crippen LogP contribution is -2.33. The number of benzene rings is 1. The van der Waals surface area contributed by atoms with E-state index in [4.69, 9.17) is 4.74 Å². The molecular formula is C15H21NO4. The Hall–Kier alpha value is -2.04. The van der Waals surface area contributed by atoms with Gasteiger partial charge in [0.25, 0.3) is 0 Å². The molecule has 1 atom stereocenters. The van der Waals surface area contributed by atoms with E-state index in [2.05, 4.69) is 12.2 Å². The Bertz CT molecular complexity index is 442. The van der Waals surface area contributed by atoms with Gasteiger partial charge in [0.1, 0.15) is 5.75 Å². The molecule has 0 saturated carbocycles. The van der Waals surface area contributed by atoms with Crippen LogP contribution in [-0.2, 0) is 9.59 Å². The summed E-state index contributed by atoms with van der Waals surface area (Å²) in [5, 5.41) is 11.8. The maximum absolute atomic E-state index is 11.7. The summed E-state index contributed by atoms with van der Waals surface area (Å²) in [5.41, 5.74) is 0.530. The van der Waals surface area contributed by atoms with Gasteiger partial charge in [-0.25, -0.2) is 4.79 Å². The molecule has 0 bridgehead atoms. The topological polar surface area (TPSA) is 75.6 Å². The van der Waals surface area contributed by atoms with Crippen molar-refractivity contribution in [2.45, 2.75) is 38.6 Å². The number of carbonyl (C=O) groups excluding carboxylic acids is 1. The molecule has 5 nitrogen and oxygen atoms in total. The van der Waals surface area contributed by atoms with Gasteiger partial charge in [-0.05, 0) is 24.1 Å². The van der Waals surface area contributed by atoms with Crippen LogP contribution in [0.3, 0.4) is 0 Å². The molecule has 0 aliphatic rings. The van der Waals surface area contributed by atoms with Crippen molar-refractivity contribution in [3.05, 3.63) is 29.8 Å². The molecule has 0 saturated heterocycles. The molecule has 1 amide bonds. The van der Waals surface area contributed by atoms with Crippen LogP contribution in [0.1, 0.15) is 44.2 Å². The first-order chi connectivity index (χ1) is 9.58. The van der Waals surface area contributed by atoms with Gasteiger partial charge in [0, 0.05) is 6.42 Å². The lowest BCUT2D eigenvalue weighted by atomic mass is 10.1. The fourth-order valence-corrected chi connectivity index (χ4v) is 1.85. The number of unbranched alkanes of at least 4 members (excludes halogenated alkanes) is 2. The number of aliphatic carboxylic acids is 1. The minimum Gasteiger partial charge on any atom is -0.497 e. The molecule has 1 aromatic carbocycles. The van der Waals surface area contributed by atoms with Crippen molar-refractivity contribution in [1.29, 1.82) is 0 Å². The second-order valence-corrected chi connectivity index (χ2v) is 4.57. The van der Waals surface area contributed by atoms with E-state index in [9.17, 15) is 14.7 Å². The van der Waals surface area contributed by atoms with Crippen LogP contribution in [0.15, 0.2) is 24.3 Å². The Labute approximate surface area is 118 Å². The predicted molar refractivity (Wildman–Crippen MR) is 75.7 cm³/mol. The lowest BCUT2D eigenvalue weighted by Gasteiger charge is -2.15. The molecule has 0 aromatic heterocycles. The largest absolute Gasteiger partial charge is 0.497 e. The second-order valence-electron chi connectivity index (χ2n) is 4.57. The van der Waals surface area contributed by atoms with Crippen molar-refractivity contribution in [3.8, 4) is 5.75 Å². The molecule has 5 heteroatoms. The van der Waals surface area contributed by atoms with Gasteiger partial charge < -0.3 is 15.2 Å². The number of carboxylic acids is 1. The highest BCUT2D eigenvalue weighted by Crippen LogP contribution is 2.18. The molecule has 0 fully saturated rings. The summed E-state index contributed by atoms with van der Waals surface area (Å²) >= 11 is 0.